The molecule has 0 spiro atoms. The molecule has 0 saturated carbocycles. The Balaban J connectivity index is 1.71. The smallest absolute Gasteiger partial charge is 0.338 e. The lowest BCUT2D eigenvalue weighted by molar-refractivity contribution is -0.313. The van der Waals surface area contributed by atoms with Gasteiger partial charge in [0.25, 0.3) is 0 Å². The fourth-order valence-electron chi connectivity index (χ4n) is 5.83. The van der Waals surface area contributed by atoms with Crippen molar-refractivity contribution in [1.29, 1.82) is 0 Å². The second kappa shape index (κ2) is 11.0. The van der Waals surface area contributed by atoms with Crippen LogP contribution in [-0.4, -0.2) is 34.2 Å². The molecule has 6 heteroatoms. The molecule has 2 unspecified atom stereocenters. The highest BCUT2D eigenvalue weighted by Crippen LogP contribution is 2.42. The highest BCUT2D eigenvalue weighted by atomic mass is 16.7. The summed E-state index contributed by atoms with van der Waals surface area (Å²) in [6, 6.07) is 12.0. The number of carbonyl (C=O) groups excluding carboxylic acids is 2. The third kappa shape index (κ3) is 6.79. The molecule has 1 aliphatic heterocycles. The molecule has 0 aliphatic carbocycles. The van der Waals surface area contributed by atoms with E-state index in [1.165, 1.54) is 6.92 Å². The number of benzene rings is 2. The van der Waals surface area contributed by atoms with Gasteiger partial charge in [-0.05, 0) is 84.6 Å². The molecule has 2 aromatic carbocycles. The number of hydroxylamine groups is 2. The Morgan fingerprint density at radius 2 is 1.32 bits per heavy atom. The molecule has 0 amide bonds. The Morgan fingerprint density at radius 3 is 1.78 bits per heavy atom. The van der Waals surface area contributed by atoms with E-state index >= 15 is 0 Å². The Bertz CT molecular complexity index is 1090. The molecule has 2 atom stereocenters. The van der Waals surface area contributed by atoms with Gasteiger partial charge >= 0.3 is 11.9 Å². The summed E-state index contributed by atoms with van der Waals surface area (Å²) in [5.74, 6) is -0.548. The number of rotatable bonds is 7. The van der Waals surface area contributed by atoms with Crippen LogP contribution in [0, 0.1) is 20.8 Å². The molecule has 6 nitrogen and oxygen atoms in total. The maximum absolute atomic E-state index is 13.2. The van der Waals surface area contributed by atoms with Crippen molar-refractivity contribution in [1.82, 2.24) is 5.06 Å². The monoisotopic (exact) mass is 509 g/mol. The number of carbonyl (C=O) groups is 2. The number of esters is 2. The summed E-state index contributed by atoms with van der Waals surface area (Å²) in [6.45, 7) is 19.8. The molecular weight excluding hydrogens is 466 g/mol. The molecule has 0 bridgehead atoms. The Hall–Kier alpha value is -2.70. The third-order valence-electron chi connectivity index (χ3n) is 7.19. The first kappa shape index (κ1) is 28.9. The van der Waals surface area contributed by atoms with E-state index in [4.69, 9.17) is 14.3 Å². The first-order valence-corrected chi connectivity index (χ1v) is 13.1. The maximum Gasteiger partial charge on any atom is 0.338 e. The zero-order chi connectivity index (χ0) is 27.7. The van der Waals surface area contributed by atoms with Gasteiger partial charge in [0, 0.05) is 30.8 Å². The van der Waals surface area contributed by atoms with E-state index in [2.05, 4.69) is 32.8 Å². The van der Waals surface area contributed by atoms with Crippen LogP contribution in [-0.2, 0) is 19.1 Å². The number of hydrogen-bond donors (Lipinski definition) is 0. The zero-order valence-electron chi connectivity index (χ0n) is 24.1. The average molecular weight is 510 g/mol. The minimum atomic E-state index is -0.359. The van der Waals surface area contributed by atoms with Gasteiger partial charge in [-0.15, -0.1) is 0 Å². The Morgan fingerprint density at radius 1 is 0.865 bits per heavy atom. The molecule has 3 rings (SSSR count). The second-order valence-corrected chi connectivity index (χ2v) is 11.8. The van der Waals surface area contributed by atoms with Crippen molar-refractivity contribution in [3.63, 3.8) is 0 Å². The van der Waals surface area contributed by atoms with Gasteiger partial charge in [0.05, 0.1) is 5.56 Å². The van der Waals surface area contributed by atoms with E-state index in [0.29, 0.717) is 18.4 Å². The second-order valence-electron chi connectivity index (χ2n) is 11.8. The molecule has 37 heavy (non-hydrogen) atoms. The average Bonchev–Trinajstić information content (AvgIpc) is 2.74. The summed E-state index contributed by atoms with van der Waals surface area (Å²) >= 11 is 0. The van der Waals surface area contributed by atoms with Crippen molar-refractivity contribution in [2.45, 2.75) is 111 Å². The molecule has 0 N–H and O–H groups in total. The van der Waals surface area contributed by atoms with Gasteiger partial charge in [0.15, 0.2) is 0 Å². The zero-order valence-corrected chi connectivity index (χ0v) is 24.1. The van der Waals surface area contributed by atoms with Gasteiger partial charge in [0.2, 0.25) is 0 Å². The Labute approximate surface area is 222 Å². The number of piperidine rings is 1. The number of nitrogens with zero attached hydrogens (tertiary/aromatic N) is 1. The number of aryl methyl sites for hydroxylation is 3. The van der Waals surface area contributed by atoms with Crippen molar-refractivity contribution in [2.24, 2.45) is 0 Å². The predicted octanol–water partition coefficient (Wildman–Crippen LogP) is 7.11. The van der Waals surface area contributed by atoms with Crippen molar-refractivity contribution >= 4 is 11.9 Å². The standard InChI is InChI=1S/C31H43NO5/c1-19-15-20(2)28(21(3)16-19)29(34)36-27-17-30(7,8)32(31(9,10)18-27)37-23(5)26-13-11-25(12-14-26)22(4)35-24(6)33/h11-16,22-23,27H,17-18H2,1-10H3. The van der Waals surface area contributed by atoms with E-state index in [1.807, 2.05) is 71.0 Å². The van der Waals surface area contributed by atoms with Crippen LogP contribution in [0.2, 0.25) is 0 Å². The minimum absolute atomic E-state index is 0.186. The minimum Gasteiger partial charge on any atom is -0.459 e. The lowest BCUT2D eigenvalue weighted by atomic mass is 9.80. The lowest BCUT2D eigenvalue weighted by Crippen LogP contribution is -2.62. The van der Waals surface area contributed by atoms with Crippen LogP contribution in [0.4, 0.5) is 0 Å². The van der Waals surface area contributed by atoms with Crippen LogP contribution in [0.25, 0.3) is 0 Å². The normalized spacial score (nSPS) is 19.2. The summed E-state index contributed by atoms with van der Waals surface area (Å²) in [4.78, 5) is 31.0. The molecular formula is C31H43NO5. The van der Waals surface area contributed by atoms with Crippen LogP contribution in [0.3, 0.4) is 0 Å². The van der Waals surface area contributed by atoms with Crippen LogP contribution in [0.1, 0.15) is 112 Å². The SMILES string of the molecule is CC(=O)OC(C)c1ccc(C(C)ON2C(C)(C)CC(OC(=O)c3c(C)cc(C)cc3C)CC2(C)C)cc1. The van der Waals surface area contributed by atoms with Gasteiger partial charge in [-0.25, -0.2) is 4.79 Å². The van der Waals surface area contributed by atoms with E-state index < -0.39 is 0 Å². The maximum atomic E-state index is 13.2. The van der Waals surface area contributed by atoms with Gasteiger partial charge in [-0.3, -0.25) is 9.63 Å². The fourth-order valence-corrected chi connectivity index (χ4v) is 5.83. The van der Waals surface area contributed by atoms with Crippen LogP contribution in [0.15, 0.2) is 36.4 Å². The number of ether oxygens (including phenoxy) is 2. The van der Waals surface area contributed by atoms with E-state index in [9.17, 15) is 9.59 Å². The summed E-state index contributed by atoms with van der Waals surface area (Å²) in [5, 5.41) is 2.08. The first-order chi connectivity index (χ1) is 17.1. The highest BCUT2D eigenvalue weighted by Gasteiger charge is 2.48. The largest absolute Gasteiger partial charge is 0.459 e. The number of hydrogen-bond acceptors (Lipinski definition) is 6. The molecule has 1 fully saturated rings. The summed E-state index contributed by atoms with van der Waals surface area (Å²) in [6.07, 6.45) is 0.633. The van der Waals surface area contributed by atoms with E-state index in [0.717, 1.165) is 27.8 Å². The van der Waals surface area contributed by atoms with Crippen LogP contribution < -0.4 is 0 Å². The fraction of sp³-hybridized carbons (Fsp3) is 0.548. The molecule has 1 heterocycles. The molecule has 1 saturated heterocycles. The van der Waals surface area contributed by atoms with Gasteiger partial charge in [-0.2, -0.15) is 5.06 Å². The first-order valence-electron chi connectivity index (χ1n) is 13.1. The molecule has 2 aromatic rings. The summed E-state index contributed by atoms with van der Waals surface area (Å²) in [7, 11) is 0. The van der Waals surface area contributed by atoms with Gasteiger partial charge in [-0.1, -0.05) is 42.0 Å². The quantitative estimate of drug-likeness (QED) is 0.371. The Kier molecular flexibility index (Phi) is 8.55. The molecule has 0 radical (unpaired) electrons. The predicted molar refractivity (Wildman–Crippen MR) is 145 cm³/mol. The summed E-state index contributed by atoms with van der Waals surface area (Å²) < 4.78 is 11.4. The van der Waals surface area contributed by atoms with Gasteiger partial charge < -0.3 is 9.47 Å². The topological polar surface area (TPSA) is 65.1 Å². The van der Waals surface area contributed by atoms with Crippen LogP contribution in [0.5, 0.6) is 0 Å². The van der Waals surface area contributed by atoms with E-state index in [-0.39, 0.29) is 41.3 Å². The summed E-state index contributed by atoms with van der Waals surface area (Å²) in [5.41, 5.74) is 4.96. The van der Waals surface area contributed by atoms with Crippen molar-refractivity contribution in [3.05, 3.63) is 69.8 Å². The third-order valence-corrected chi connectivity index (χ3v) is 7.19. The lowest BCUT2D eigenvalue weighted by Gasteiger charge is -2.54. The molecule has 202 valence electrons. The van der Waals surface area contributed by atoms with Gasteiger partial charge in [0.1, 0.15) is 18.3 Å². The van der Waals surface area contributed by atoms with Crippen molar-refractivity contribution in [3.8, 4) is 0 Å². The van der Waals surface area contributed by atoms with Crippen molar-refractivity contribution in [2.75, 3.05) is 0 Å². The van der Waals surface area contributed by atoms with Crippen molar-refractivity contribution < 1.29 is 23.9 Å². The molecule has 0 aromatic heterocycles. The van der Waals surface area contributed by atoms with Crippen LogP contribution >= 0.6 is 0 Å². The van der Waals surface area contributed by atoms with E-state index in [1.54, 1.807) is 0 Å². The molecule has 1 aliphatic rings. The highest BCUT2D eigenvalue weighted by molar-refractivity contribution is 5.93.